The van der Waals surface area contributed by atoms with Crippen LogP contribution in [0.25, 0.3) is 11.1 Å². The molecule has 0 aliphatic heterocycles. The molecule has 0 spiro atoms. The van der Waals surface area contributed by atoms with Crippen molar-refractivity contribution in [3.8, 4) is 28.7 Å². The number of rotatable bonds is 12. The van der Waals surface area contributed by atoms with Gasteiger partial charge in [-0.2, -0.15) is 5.26 Å². The summed E-state index contributed by atoms with van der Waals surface area (Å²) in [6, 6.07) is 20.6. The average molecular weight is 577 g/mol. The summed E-state index contributed by atoms with van der Waals surface area (Å²) in [5, 5.41) is 15.3. The number of ether oxygens (including phenoxy) is 2. The van der Waals surface area contributed by atoms with Gasteiger partial charge in [0.2, 0.25) is 5.91 Å². The van der Waals surface area contributed by atoms with Crippen molar-refractivity contribution >= 4 is 5.91 Å². The van der Waals surface area contributed by atoms with E-state index in [2.05, 4.69) is 34.3 Å². The molecule has 1 amide bonds. The standard InChI is InChI=1S/C35H33FN4O3/c1-3-35(41)40-14-13-38-21-26-15-23(2)33(17-34(26)42-22-25-16-24(18-37)19-39-20-25)43-32-12-11-28-27(8-6-9-30(28)32)29-7-4-5-10-31(29)36/h3-10,15-17,19-20,32,38H,1,11-14,21-22H2,2H3,(H,40,41)/t32-/m0/s1. The van der Waals surface area contributed by atoms with Crippen LogP contribution in [0.15, 0.2) is 85.7 Å². The van der Waals surface area contributed by atoms with Gasteiger partial charge in [-0.3, -0.25) is 9.78 Å². The van der Waals surface area contributed by atoms with Crippen molar-refractivity contribution in [3.63, 3.8) is 0 Å². The first kappa shape index (κ1) is 29.5. The van der Waals surface area contributed by atoms with Crippen LogP contribution in [0.1, 0.15) is 45.9 Å². The Morgan fingerprint density at radius 1 is 1.12 bits per heavy atom. The van der Waals surface area contributed by atoms with Crippen LogP contribution in [0, 0.1) is 24.1 Å². The molecule has 0 fully saturated rings. The third kappa shape index (κ3) is 7.08. The van der Waals surface area contributed by atoms with E-state index in [-0.39, 0.29) is 24.4 Å². The summed E-state index contributed by atoms with van der Waals surface area (Å²) in [6.45, 7) is 7.23. The lowest BCUT2D eigenvalue weighted by atomic mass is 9.96. The summed E-state index contributed by atoms with van der Waals surface area (Å²) in [6.07, 6.45) is 5.83. The van der Waals surface area contributed by atoms with Crippen LogP contribution in [-0.2, 0) is 24.4 Å². The number of pyridine rings is 1. The quantitative estimate of drug-likeness (QED) is 0.156. The van der Waals surface area contributed by atoms with Gasteiger partial charge in [-0.25, -0.2) is 4.39 Å². The maximum absolute atomic E-state index is 14.7. The second-order valence-electron chi connectivity index (χ2n) is 10.4. The van der Waals surface area contributed by atoms with E-state index in [0.717, 1.165) is 46.2 Å². The minimum absolute atomic E-state index is 0.178. The van der Waals surface area contributed by atoms with E-state index in [1.807, 2.05) is 43.3 Å². The van der Waals surface area contributed by atoms with Crippen molar-refractivity contribution in [2.24, 2.45) is 0 Å². The molecule has 1 aliphatic carbocycles. The lowest BCUT2D eigenvalue weighted by molar-refractivity contribution is -0.116. The molecule has 1 atom stereocenters. The Balaban J connectivity index is 1.37. The Morgan fingerprint density at radius 3 is 2.77 bits per heavy atom. The first-order valence-electron chi connectivity index (χ1n) is 14.2. The minimum atomic E-state index is -0.235. The molecule has 1 aliphatic rings. The predicted molar refractivity (Wildman–Crippen MR) is 163 cm³/mol. The number of aryl methyl sites for hydroxylation is 1. The third-order valence-corrected chi connectivity index (χ3v) is 7.43. The van der Waals surface area contributed by atoms with Crippen LogP contribution in [0.5, 0.6) is 11.5 Å². The molecule has 43 heavy (non-hydrogen) atoms. The number of benzene rings is 3. The van der Waals surface area contributed by atoms with Gasteiger partial charge >= 0.3 is 0 Å². The van der Waals surface area contributed by atoms with Gasteiger partial charge < -0.3 is 20.1 Å². The molecule has 2 N–H and O–H groups in total. The summed E-state index contributed by atoms with van der Waals surface area (Å²) in [5.41, 5.74) is 6.80. The molecule has 8 heteroatoms. The predicted octanol–water partition coefficient (Wildman–Crippen LogP) is 6.10. The molecule has 1 aromatic heterocycles. The molecule has 7 nitrogen and oxygen atoms in total. The fourth-order valence-electron chi connectivity index (χ4n) is 5.31. The van der Waals surface area contributed by atoms with E-state index >= 15 is 0 Å². The van der Waals surface area contributed by atoms with Crippen molar-refractivity contribution in [2.45, 2.75) is 39.0 Å². The highest BCUT2D eigenvalue weighted by molar-refractivity contribution is 5.86. The molecule has 218 valence electrons. The van der Waals surface area contributed by atoms with Gasteiger partial charge in [0.15, 0.2) is 0 Å². The minimum Gasteiger partial charge on any atom is -0.488 e. The maximum Gasteiger partial charge on any atom is 0.243 e. The van der Waals surface area contributed by atoms with E-state index in [1.165, 1.54) is 18.3 Å². The number of carbonyl (C=O) groups excluding carboxylic acids is 1. The van der Waals surface area contributed by atoms with E-state index in [9.17, 15) is 14.4 Å². The number of hydrogen-bond acceptors (Lipinski definition) is 6. The van der Waals surface area contributed by atoms with Gasteiger partial charge in [0, 0.05) is 54.8 Å². The number of carbonyl (C=O) groups is 1. The van der Waals surface area contributed by atoms with Crippen LogP contribution in [-0.4, -0.2) is 24.0 Å². The zero-order valence-corrected chi connectivity index (χ0v) is 24.0. The first-order chi connectivity index (χ1) is 21.0. The summed E-state index contributed by atoms with van der Waals surface area (Å²) in [4.78, 5) is 15.6. The topological polar surface area (TPSA) is 96.3 Å². The molecule has 0 bridgehead atoms. The maximum atomic E-state index is 14.7. The smallest absolute Gasteiger partial charge is 0.243 e. The molecule has 0 saturated carbocycles. The molecule has 4 aromatic rings. The lowest BCUT2D eigenvalue weighted by Gasteiger charge is -2.20. The Labute approximate surface area is 251 Å². The monoisotopic (exact) mass is 576 g/mol. The van der Waals surface area contributed by atoms with Crippen LogP contribution < -0.4 is 20.1 Å². The molecular formula is C35H33FN4O3. The normalized spacial score (nSPS) is 13.6. The van der Waals surface area contributed by atoms with Crippen LogP contribution >= 0.6 is 0 Å². The molecule has 0 saturated heterocycles. The second kappa shape index (κ2) is 13.8. The van der Waals surface area contributed by atoms with Gasteiger partial charge in [0.1, 0.15) is 36.1 Å². The van der Waals surface area contributed by atoms with Gasteiger partial charge in [0.05, 0.1) is 5.56 Å². The molecule has 0 radical (unpaired) electrons. The number of amides is 1. The number of halogens is 1. The van der Waals surface area contributed by atoms with E-state index in [4.69, 9.17) is 9.47 Å². The first-order valence-corrected chi connectivity index (χ1v) is 14.2. The Kier molecular flexibility index (Phi) is 9.45. The molecule has 1 heterocycles. The number of fused-ring (bicyclic) bond motifs is 1. The SMILES string of the molecule is C=CC(=O)NCCNCc1cc(C)c(O[C@H]2CCc3c(-c4ccccc4F)cccc32)cc1OCc1cncc(C#N)c1. The number of aromatic nitrogens is 1. The van der Waals surface area contributed by atoms with E-state index in [1.54, 1.807) is 18.3 Å². The molecule has 3 aromatic carbocycles. The second-order valence-corrected chi connectivity index (χ2v) is 10.4. The summed E-state index contributed by atoms with van der Waals surface area (Å²) >= 11 is 0. The van der Waals surface area contributed by atoms with Crippen LogP contribution in [0.2, 0.25) is 0 Å². The van der Waals surface area contributed by atoms with Crippen molar-refractivity contribution in [1.82, 2.24) is 15.6 Å². The highest BCUT2D eigenvalue weighted by Gasteiger charge is 2.28. The molecular weight excluding hydrogens is 543 g/mol. The highest BCUT2D eigenvalue weighted by Crippen LogP contribution is 2.42. The largest absolute Gasteiger partial charge is 0.488 e. The fourth-order valence-corrected chi connectivity index (χ4v) is 5.31. The molecule has 0 unspecified atom stereocenters. The van der Waals surface area contributed by atoms with Crippen molar-refractivity contribution in [1.29, 1.82) is 5.26 Å². The fraction of sp³-hybridized carbons (Fsp3) is 0.229. The lowest BCUT2D eigenvalue weighted by Crippen LogP contribution is -2.30. The van der Waals surface area contributed by atoms with Gasteiger partial charge in [-0.15, -0.1) is 0 Å². The Bertz CT molecular complexity index is 1680. The number of nitriles is 1. The average Bonchev–Trinajstić information content (AvgIpc) is 3.44. The van der Waals surface area contributed by atoms with Crippen LogP contribution in [0.4, 0.5) is 4.39 Å². The summed E-state index contributed by atoms with van der Waals surface area (Å²) < 4.78 is 27.5. The van der Waals surface area contributed by atoms with Crippen LogP contribution in [0.3, 0.4) is 0 Å². The van der Waals surface area contributed by atoms with Gasteiger partial charge in [-0.05, 0) is 66.3 Å². The van der Waals surface area contributed by atoms with Crippen molar-refractivity contribution < 1.29 is 18.7 Å². The van der Waals surface area contributed by atoms with Gasteiger partial charge in [-0.1, -0.05) is 43.0 Å². The zero-order valence-electron chi connectivity index (χ0n) is 24.0. The van der Waals surface area contributed by atoms with Crippen molar-refractivity contribution in [3.05, 3.63) is 125 Å². The third-order valence-electron chi connectivity index (χ3n) is 7.43. The van der Waals surface area contributed by atoms with E-state index in [0.29, 0.717) is 42.3 Å². The number of nitrogens with one attached hydrogen (secondary N) is 2. The summed E-state index contributed by atoms with van der Waals surface area (Å²) in [7, 11) is 0. The van der Waals surface area contributed by atoms with Gasteiger partial charge in [0.25, 0.3) is 0 Å². The zero-order chi connectivity index (χ0) is 30.2. The Morgan fingerprint density at radius 2 is 1.95 bits per heavy atom. The van der Waals surface area contributed by atoms with Crippen molar-refractivity contribution in [2.75, 3.05) is 13.1 Å². The number of nitrogens with zero attached hydrogens (tertiary/aromatic N) is 2. The summed E-state index contributed by atoms with van der Waals surface area (Å²) in [5.74, 6) is 0.894. The molecule has 5 rings (SSSR count). The number of hydrogen-bond donors (Lipinski definition) is 2. The Hall–Kier alpha value is -5.00. The van der Waals surface area contributed by atoms with E-state index < -0.39 is 0 Å². The highest BCUT2D eigenvalue weighted by atomic mass is 19.1.